The third-order valence-corrected chi connectivity index (χ3v) is 5.15. The number of methoxy groups -OCH3 is 1. The van der Waals surface area contributed by atoms with Crippen LogP contribution in [-0.2, 0) is 0 Å². The molecule has 4 heteroatoms. The van der Waals surface area contributed by atoms with Crippen molar-refractivity contribution in [2.24, 2.45) is 5.92 Å². The van der Waals surface area contributed by atoms with Gasteiger partial charge in [0.15, 0.2) is 0 Å². The van der Waals surface area contributed by atoms with Gasteiger partial charge in [-0.2, -0.15) is 0 Å². The quantitative estimate of drug-likeness (QED) is 0.815. The monoisotopic (exact) mass is 318 g/mol. The second-order valence-electron chi connectivity index (χ2n) is 6.65. The molecule has 0 aromatic heterocycles. The molecule has 1 aromatic carbocycles. The SMILES string of the molecule is COc1ccc(C)cc1C(=S)NCC1CCCN1CC1CC1. The molecule has 1 aliphatic heterocycles. The fourth-order valence-electron chi connectivity index (χ4n) is 3.30. The first-order chi connectivity index (χ1) is 10.7. The first-order valence-corrected chi connectivity index (χ1v) is 8.75. The number of hydrogen-bond acceptors (Lipinski definition) is 3. The second-order valence-corrected chi connectivity index (χ2v) is 7.06. The number of rotatable bonds is 6. The van der Waals surface area contributed by atoms with E-state index in [9.17, 15) is 0 Å². The number of benzene rings is 1. The van der Waals surface area contributed by atoms with E-state index in [0.29, 0.717) is 6.04 Å². The van der Waals surface area contributed by atoms with Crippen LogP contribution in [0.2, 0.25) is 0 Å². The van der Waals surface area contributed by atoms with Crippen molar-refractivity contribution in [3.8, 4) is 5.75 Å². The first kappa shape index (κ1) is 15.8. The lowest BCUT2D eigenvalue weighted by Crippen LogP contribution is -2.40. The molecule has 1 N–H and O–H groups in total. The van der Waals surface area contributed by atoms with Gasteiger partial charge in [0, 0.05) is 19.1 Å². The molecule has 1 aliphatic carbocycles. The summed E-state index contributed by atoms with van der Waals surface area (Å²) in [6, 6.07) is 6.78. The third kappa shape index (κ3) is 3.79. The van der Waals surface area contributed by atoms with E-state index in [2.05, 4.69) is 29.3 Å². The topological polar surface area (TPSA) is 24.5 Å². The minimum Gasteiger partial charge on any atom is -0.496 e. The van der Waals surface area contributed by atoms with Crippen molar-refractivity contribution in [2.45, 2.75) is 38.6 Å². The lowest BCUT2D eigenvalue weighted by Gasteiger charge is -2.25. The number of ether oxygens (including phenoxy) is 1. The summed E-state index contributed by atoms with van der Waals surface area (Å²) in [5.41, 5.74) is 2.21. The zero-order chi connectivity index (χ0) is 15.5. The molecule has 22 heavy (non-hydrogen) atoms. The largest absolute Gasteiger partial charge is 0.496 e. The molecule has 1 heterocycles. The van der Waals surface area contributed by atoms with Gasteiger partial charge in [0.25, 0.3) is 0 Å². The minimum absolute atomic E-state index is 0.634. The van der Waals surface area contributed by atoms with Crippen LogP contribution in [0.3, 0.4) is 0 Å². The molecule has 2 aliphatic rings. The van der Waals surface area contributed by atoms with Crippen LogP contribution in [0.25, 0.3) is 0 Å². The van der Waals surface area contributed by atoms with Crippen molar-refractivity contribution in [1.82, 2.24) is 10.2 Å². The standard InChI is InChI=1S/C18H26N2OS/c1-13-5-8-17(21-2)16(10-13)18(22)19-11-15-4-3-9-20(15)12-14-6-7-14/h5,8,10,14-15H,3-4,6-7,9,11-12H2,1-2H3,(H,19,22). The maximum absolute atomic E-state index is 5.60. The van der Waals surface area contributed by atoms with Gasteiger partial charge in [-0.25, -0.2) is 0 Å². The van der Waals surface area contributed by atoms with Crippen LogP contribution < -0.4 is 10.1 Å². The normalized spacial score (nSPS) is 21.8. The molecular formula is C18H26N2OS. The number of nitrogens with one attached hydrogen (secondary N) is 1. The van der Waals surface area contributed by atoms with Crippen molar-refractivity contribution in [2.75, 3.05) is 26.7 Å². The van der Waals surface area contributed by atoms with Crippen molar-refractivity contribution < 1.29 is 4.74 Å². The van der Waals surface area contributed by atoms with Crippen LogP contribution >= 0.6 is 12.2 Å². The summed E-state index contributed by atoms with van der Waals surface area (Å²) >= 11 is 5.60. The smallest absolute Gasteiger partial charge is 0.129 e. The van der Waals surface area contributed by atoms with E-state index in [4.69, 9.17) is 17.0 Å². The Kier molecular flexibility index (Phi) is 4.99. The Hall–Kier alpha value is -1.13. The molecule has 3 nitrogen and oxygen atoms in total. The highest BCUT2D eigenvalue weighted by Crippen LogP contribution is 2.32. The van der Waals surface area contributed by atoms with Crippen LogP contribution in [0.5, 0.6) is 5.75 Å². The molecular weight excluding hydrogens is 292 g/mol. The van der Waals surface area contributed by atoms with Gasteiger partial charge >= 0.3 is 0 Å². The average molecular weight is 318 g/mol. The van der Waals surface area contributed by atoms with E-state index in [1.165, 1.54) is 44.3 Å². The summed E-state index contributed by atoms with van der Waals surface area (Å²) < 4.78 is 5.44. The van der Waals surface area contributed by atoms with Gasteiger partial charge in [-0.1, -0.05) is 23.8 Å². The van der Waals surface area contributed by atoms with Gasteiger partial charge in [0.1, 0.15) is 10.7 Å². The van der Waals surface area contributed by atoms with Crippen LogP contribution in [0.1, 0.15) is 36.8 Å². The van der Waals surface area contributed by atoms with E-state index in [1.54, 1.807) is 7.11 Å². The molecule has 2 fully saturated rings. The lowest BCUT2D eigenvalue weighted by atomic mass is 10.1. The Morgan fingerprint density at radius 3 is 2.91 bits per heavy atom. The highest BCUT2D eigenvalue weighted by molar-refractivity contribution is 7.80. The molecule has 1 saturated carbocycles. The predicted molar refractivity (Wildman–Crippen MR) is 94.8 cm³/mol. The van der Waals surface area contributed by atoms with E-state index in [1.807, 2.05) is 6.07 Å². The average Bonchev–Trinajstić information content (AvgIpc) is 3.22. The molecule has 120 valence electrons. The summed E-state index contributed by atoms with van der Waals surface area (Å²) in [5.74, 6) is 1.81. The fourth-order valence-corrected chi connectivity index (χ4v) is 3.55. The molecule has 0 amide bonds. The number of thiocarbonyl (C=S) groups is 1. The van der Waals surface area contributed by atoms with Crippen molar-refractivity contribution in [1.29, 1.82) is 0 Å². The fraction of sp³-hybridized carbons (Fsp3) is 0.611. The first-order valence-electron chi connectivity index (χ1n) is 8.34. The minimum atomic E-state index is 0.634. The summed E-state index contributed by atoms with van der Waals surface area (Å²) in [6.07, 6.45) is 5.46. The van der Waals surface area contributed by atoms with Crippen LogP contribution in [0, 0.1) is 12.8 Å². The van der Waals surface area contributed by atoms with Crippen LogP contribution in [0.4, 0.5) is 0 Å². The molecule has 1 unspecified atom stereocenters. The van der Waals surface area contributed by atoms with E-state index in [0.717, 1.165) is 28.8 Å². The Morgan fingerprint density at radius 2 is 2.18 bits per heavy atom. The number of aryl methyl sites for hydroxylation is 1. The van der Waals surface area contributed by atoms with Crippen molar-refractivity contribution in [3.63, 3.8) is 0 Å². The molecule has 1 atom stereocenters. The van der Waals surface area contributed by atoms with Gasteiger partial charge < -0.3 is 10.1 Å². The Balaban J connectivity index is 1.58. The maximum Gasteiger partial charge on any atom is 0.129 e. The summed E-state index contributed by atoms with van der Waals surface area (Å²) in [4.78, 5) is 3.46. The van der Waals surface area contributed by atoms with Gasteiger partial charge in [-0.15, -0.1) is 0 Å². The molecule has 0 radical (unpaired) electrons. The summed E-state index contributed by atoms with van der Waals surface area (Å²) in [5, 5.41) is 3.48. The van der Waals surface area contributed by atoms with Gasteiger partial charge in [0.05, 0.1) is 12.7 Å². The highest BCUT2D eigenvalue weighted by atomic mass is 32.1. The highest BCUT2D eigenvalue weighted by Gasteiger charge is 2.30. The van der Waals surface area contributed by atoms with E-state index >= 15 is 0 Å². The summed E-state index contributed by atoms with van der Waals surface area (Å²) in [6.45, 7) is 5.57. The Labute approximate surface area is 139 Å². The van der Waals surface area contributed by atoms with Crippen molar-refractivity contribution >= 4 is 17.2 Å². The second kappa shape index (κ2) is 6.97. The van der Waals surface area contributed by atoms with Gasteiger partial charge in [0.2, 0.25) is 0 Å². The zero-order valence-corrected chi connectivity index (χ0v) is 14.4. The van der Waals surface area contributed by atoms with E-state index in [-0.39, 0.29) is 0 Å². The lowest BCUT2D eigenvalue weighted by molar-refractivity contribution is 0.244. The maximum atomic E-state index is 5.60. The molecule has 1 saturated heterocycles. The zero-order valence-electron chi connectivity index (χ0n) is 13.6. The number of hydrogen-bond donors (Lipinski definition) is 1. The predicted octanol–water partition coefficient (Wildman–Crippen LogP) is 3.14. The molecule has 0 bridgehead atoms. The third-order valence-electron chi connectivity index (χ3n) is 4.79. The molecule has 0 spiro atoms. The molecule has 1 aromatic rings. The molecule has 3 rings (SSSR count). The van der Waals surface area contributed by atoms with Gasteiger partial charge in [-0.3, -0.25) is 4.90 Å². The van der Waals surface area contributed by atoms with Gasteiger partial charge in [-0.05, 0) is 57.2 Å². The Bertz CT molecular complexity index is 542. The van der Waals surface area contributed by atoms with E-state index < -0.39 is 0 Å². The van der Waals surface area contributed by atoms with Crippen molar-refractivity contribution in [3.05, 3.63) is 29.3 Å². The van der Waals surface area contributed by atoms with Crippen LogP contribution in [0.15, 0.2) is 18.2 Å². The Morgan fingerprint density at radius 1 is 1.36 bits per heavy atom. The summed E-state index contributed by atoms with van der Waals surface area (Å²) in [7, 11) is 1.70. The van der Waals surface area contributed by atoms with Crippen LogP contribution in [-0.4, -0.2) is 42.7 Å². The number of likely N-dealkylation sites (tertiary alicyclic amines) is 1. The number of nitrogens with zero attached hydrogens (tertiary/aromatic N) is 1.